The molecular formula is C52H38N2O. The van der Waals surface area contributed by atoms with E-state index in [0.29, 0.717) is 0 Å². The zero-order valence-electron chi connectivity index (χ0n) is 30.8. The van der Waals surface area contributed by atoms with Crippen molar-refractivity contribution in [2.75, 3.05) is 4.90 Å². The van der Waals surface area contributed by atoms with E-state index in [4.69, 9.17) is 4.42 Å². The van der Waals surface area contributed by atoms with Gasteiger partial charge in [0.05, 0.1) is 6.04 Å². The van der Waals surface area contributed by atoms with E-state index in [1.165, 1.54) is 66.3 Å². The Hall–Kier alpha value is -6.71. The molecule has 0 bridgehead atoms. The van der Waals surface area contributed by atoms with Gasteiger partial charge < -0.3 is 9.32 Å². The summed E-state index contributed by atoms with van der Waals surface area (Å²) >= 11 is 0. The third kappa shape index (κ3) is 4.93. The molecule has 0 fully saturated rings. The van der Waals surface area contributed by atoms with E-state index < -0.39 is 0 Å². The summed E-state index contributed by atoms with van der Waals surface area (Å²) in [6, 6.07) is 53.1. The highest BCUT2D eigenvalue weighted by Gasteiger charge is 2.36. The lowest BCUT2D eigenvalue weighted by molar-refractivity contribution is 0.659. The molecule has 11 rings (SSSR count). The molecule has 0 spiro atoms. The van der Waals surface area contributed by atoms with Crippen molar-refractivity contribution in [3.8, 4) is 22.3 Å². The molecule has 0 N–H and O–H groups in total. The molecule has 2 aliphatic carbocycles. The van der Waals surface area contributed by atoms with Crippen molar-refractivity contribution in [3.05, 3.63) is 193 Å². The van der Waals surface area contributed by atoms with Crippen LogP contribution in [0.15, 0.2) is 181 Å². The lowest BCUT2D eigenvalue weighted by Crippen LogP contribution is -2.30. The van der Waals surface area contributed by atoms with Gasteiger partial charge in [0, 0.05) is 45.5 Å². The van der Waals surface area contributed by atoms with Crippen LogP contribution in [-0.2, 0) is 5.41 Å². The van der Waals surface area contributed by atoms with Crippen molar-refractivity contribution in [3.63, 3.8) is 0 Å². The number of anilines is 2. The van der Waals surface area contributed by atoms with Crippen LogP contribution >= 0.6 is 0 Å². The summed E-state index contributed by atoms with van der Waals surface area (Å²) < 4.78 is 6.66. The van der Waals surface area contributed by atoms with Crippen molar-refractivity contribution in [1.29, 1.82) is 0 Å². The van der Waals surface area contributed by atoms with Crippen LogP contribution in [0.3, 0.4) is 0 Å². The molecule has 2 aliphatic rings. The number of rotatable bonds is 5. The first-order valence-corrected chi connectivity index (χ1v) is 19.2. The molecule has 0 saturated carbocycles. The maximum Gasteiger partial charge on any atom is 0.136 e. The topological polar surface area (TPSA) is 29.3 Å². The van der Waals surface area contributed by atoms with Crippen LogP contribution in [0.5, 0.6) is 0 Å². The van der Waals surface area contributed by atoms with Crippen LogP contribution < -0.4 is 4.90 Å². The summed E-state index contributed by atoms with van der Waals surface area (Å²) in [4.78, 5) is 6.96. The van der Waals surface area contributed by atoms with Gasteiger partial charge in [-0.15, -0.1) is 0 Å². The normalized spacial score (nSPS) is 15.7. The lowest BCUT2D eigenvalue weighted by atomic mass is 9.82. The molecule has 2 aromatic heterocycles. The molecule has 55 heavy (non-hydrogen) atoms. The van der Waals surface area contributed by atoms with Crippen molar-refractivity contribution >= 4 is 60.4 Å². The number of hydrogen-bond acceptors (Lipinski definition) is 3. The van der Waals surface area contributed by atoms with Gasteiger partial charge in [0.1, 0.15) is 11.2 Å². The second kappa shape index (κ2) is 12.2. The highest BCUT2D eigenvalue weighted by atomic mass is 16.3. The Morgan fingerprint density at radius 2 is 1.36 bits per heavy atom. The molecule has 9 aromatic rings. The number of furan rings is 1. The molecule has 1 atom stereocenters. The van der Waals surface area contributed by atoms with Gasteiger partial charge in [0.25, 0.3) is 0 Å². The monoisotopic (exact) mass is 706 g/mol. The minimum atomic E-state index is -0.0818. The Kier molecular flexibility index (Phi) is 7.03. The van der Waals surface area contributed by atoms with Crippen LogP contribution in [0.1, 0.15) is 37.0 Å². The van der Waals surface area contributed by atoms with Crippen LogP contribution in [-0.4, -0.2) is 11.0 Å². The average Bonchev–Trinajstić information content (AvgIpc) is 3.73. The summed E-state index contributed by atoms with van der Waals surface area (Å²) in [5, 5.41) is 7.19. The maximum atomic E-state index is 6.66. The predicted molar refractivity (Wildman–Crippen MR) is 230 cm³/mol. The molecule has 3 nitrogen and oxygen atoms in total. The largest absolute Gasteiger partial charge is 0.456 e. The predicted octanol–water partition coefficient (Wildman–Crippen LogP) is 13.8. The highest BCUT2D eigenvalue weighted by Crippen LogP contribution is 2.50. The molecule has 2 heterocycles. The van der Waals surface area contributed by atoms with Gasteiger partial charge in [0.2, 0.25) is 0 Å². The van der Waals surface area contributed by atoms with E-state index in [1.807, 2.05) is 18.5 Å². The number of benzene rings is 7. The fraction of sp³-hybridized carbons (Fsp3) is 0.0962. The van der Waals surface area contributed by atoms with Crippen LogP contribution in [0.25, 0.3) is 71.3 Å². The SMILES string of the molecule is CC1(C)c2ccccc2-c2ccc(N(c3ccc4ccccc4c3)C3C=CC(c4cc5oc6cccc(-c7cccnc7)c6c5c5ccccc45)=CC3)cc21. The molecule has 0 aliphatic heterocycles. The standard InChI is InChI=1S/C52H38N2O/c1-52(2)46-18-8-7-15-42(46)43-27-26-39(30-47(43)52)54(38-25-20-33-11-3-4-12-35(33)29-38)37-23-21-34(22-24-37)45-31-49-51(44-16-6-5-14-41(44)45)50-40(17-9-19-48(50)55-49)36-13-10-28-53-32-36/h3-23,25-32,37H,24H2,1-2H3. The second-order valence-corrected chi connectivity index (χ2v) is 15.5. The number of nitrogens with zero attached hydrogens (tertiary/aromatic N) is 2. The van der Waals surface area contributed by atoms with Gasteiger partial charge in [-0.05, 0) is 109 Å². The number of hydrogen-bond donors (Lipinski definition) is 0. The van der Waals surface area contributed by atoms with Crippen molar-refractivity contribution in [2.24, 2.45) is 0 Å². The van der Waals surface area contributed by atoms with Gasteiger partial charge in [-0.25, -0.2) is 0 Å². The van der Waals surface area contributed by atoms with E-state index in [0.717, 1.165) is 39.5 Å². The second-order valence-electron chi connectivity index (χ2n) is 15.5. The van der Waals surface area contributed by atoms with Gasteiger partial charge >= 0.3 is 0 Å². The minimum Gasteiger partial charge on any atom is -0.456 e. The van der Waals surface area contributed by atoms with Crippen LogP contribution in [0.2, 0.25) is 0 Å². The van der Waals surface area contributed by atoms with E-state index >= 15 is 0 Å². The summed E-state index contributed by atoms with van der Waals surface area (Å²) in [6.07, 6.45) is 11.8. The fourth-order valence-corrected chi connectivity index (χ4v) is 9.38. The van der Waals surface area contributed by atoms with Crippen molar-refractivity contribution in [2.45, 2.75) is 31.7 Å². The van der Waals surface area contributed by atoms with Crippen LogP contribution in [0.4, 0.5) is 11.4 Å². The van der Waals surface area contributed by atoms with Gasteiger partial charge in [-0.2, -0.15) is 0 Å². The zero-order chi connectivity index (χ0) is 36.7. The Morgan fingerprint density at radius 1 is 0.600 bits per heavy atom. The number of fused-ring (bicyclic) bond motifs is 9. The van der Waals surface area contributed by atoms with E-state index in [-0.39, 0.29) is 11.5 Å². The minimum absolute atomic E-state index is 0.0818. The summed E-state index contributed by atoms with van der Waals surface area (Å²) in [5.74, 6) is 0. The van der Waals surface area contributed by atoms with E-state index in [1.54, 1.807) is 0 Å². The first-order chi connectivity index (χ1) is 27.0. The number of allylic oxidation sites excluding steroid dienone is 2. The smallest absolute Gasteiger partial charge is 0.136 e. The molecule has 3 heteroatoms. The summed E-state index contributed by atoms with van der Waals surface area (Å²) in [6.45, 7) is 4.72. The summed E-state index contributed by atoms with van der Waals surface area (Å²) in [7, 11) is 0. The first-order valence-electron chi connectivity index (χ1n) is 19.2. The average molecular weight is 707 g/mol. The zero-order valence-corrected chi connectivity index (χ0v) is 30.8. The van der Waals surface area contributed by atoms with Gasteiger partial charge in [-0.3, -0.25) is 4.98 Å². The van der Waals surface area contributed by atoms with E-state index in [9.17, 15) is 0 Å². The third-order valence-corrected chi connectivity index (χ3v) is 12.1. The van der Waals surface area contributed by atoms with Crippen molar-refractivity contribution < 1.29 is 4.42 Å². The molecule has 7 aromatic carbocycles. The van der Waals surface area contributed by atoms with Gasteiger partial charge in [0.15, 0.2) is 0 Å². The first kappa shape index (κ1) is 31.8. The van der Waals surface area contributed by atoms with E-state index in [2.05, 4.69) is 181 Å². The lowest BCUT2D eigenvalue weighted by Gasteiger charge is -2.34. The van der Waals surface area contributed by atoms with Crippen molar-refractivity contribution in [1.82, 2.24) is 4.98 Å². The fourth-order valence-electron chi connectivity index (χ4n) is 9.38. The molecule has 1 unspecified atom stereocenters. The Morgan fingerprint density at radius 3 is 2.22 bits per heavy atom. The number of aromatic nitrogens is 1. The Balaban J connectivity index is 1.02. The number of pyridine rings is 1. The molecule has 0 saturated heterocycles. The Bertz CT molecular complexity index is 3060. The molecule has 0 radical (unpaired) electrons. The molecule has 262 valence electrons. The molecule has 0 amide bonds. The summed E-state index contributed by atoms with van der Waals surface area (Å²) in [5.41, 5.74) is 14.2. The third-order valence-electron chi connectivity index (χ3n) is 12.1. The quantitative estimate of drug-likeness (QED) is 0.178. The maximum absolute atomic E-state index is 6.66. The molecular weight excluding hydrogens is 669 g/mol. The Labute approximate surface area is 320 Å². The highest BCUT2D eigenvalue weighted by molar-refractivity contribution is 6.24. The van der Waals surface area contributed by atoms with Crippen LogP contribution in [0, 0.1) is 0 Å². The van der Waals surface area contributed by atoms with Gasteiger partial charge in [-0.1, -0.05) is 135 Å².